The van der Waals surface area contributed by atoms with Gasteiger partial charge in [0.15, 0.2) is 5.78 Å². The molecule has 33 heavy (non-hydrogen) atoms. The van der Waals surface area contributed by atoms with Gasteiger partial charge in [0, 0.05) is 18.7 Å². The van der Waals surface area contributed by atoms with Crippen LogP contribution in [0, 0.1) is 52.3 Å². The van der Waals surface area contributed by atoms with Crippen molar-refractivity contribution in [2.24, 2.45) is 40.9 Å². The molecule has 0 unspecified atom stereocenters. The minimum absolute atomic E-state index is 0.0979. The zero-order chi connectivity index (χ0) is 23.2. The fraction of sp³-hybridized carbons (Fsp3) is 0.815. The Balaban J connectivity index is 1.26. The summed E-state index contributed by atoms with van der Waals surface area (Å²) in [5, 5.41) is 24.3. The highest BCUT2D eigenvalue weighted by molar-refractivity contribution is 5.82. The summed E-state index contributed by atoms with van der Waals surface area (Å²) in [6.45, 7) is 5.82. The molecule has 8 atom stereocenters. The van der Waals surface area contributed by atoms with Crippen LogP contribution >= 0.6 is 0 Å². The predicted molar refractivity (Wildman–Crippen MR) is 124 cm³/mol. The number of aromatic nitrogens is 2. The van der Waals surface area contributed by atoms with Gasteiger partial charge in [-0.25, -0.2) is 0 Å². The van der Waals surface area contributed by atoms with Crippen LogP contribution in [0.4, 0.5) is 0 Å². The highest BCUT2D eigenvalue weighted by Crippen LogP contribution is 2.64. The minimum Gasteiger partial charge on any atom is -0.387 e. The lowest BCUT2D eigenvalue weighted by Crippen LogP contribution is -2.52. The standard InChI is InChI=1S/C27H39N3O3/c1-3-33-17-27(32)11-9-20-19(12-27)4-5-22-21(20)8-10-26(2)23(22)6-7-24(26)25(31)16-30-15-18(13-28)14-29-30/h14-15,19-24,32H,3-12,16-17H2,1-2H3/t19-,20+,21-,22-,23+,24-,26+,27-/m1/s1. The van der Waals surface area contributed by atoms with Crippen LogP contribution in [-0.4, -0.2) is 39.5 Å². The van der Waals surface area contributed by atoms with E-state index < -0.39 is 5.60 Å². The van der Waals surface area contributed by atoms with E-state index >= 15 is 0 Å². The lowest BCUT2D eigenvalue weighted by Gasteiger charge is -2.57. The quantitative estimate of drug-likeness (QED) is 0.691. The molecule has 180 valence electrons. The molecule has 0 radical (unpaired) electrons. The number of fused-ring (bicyclic) bond motifs is 5. The minimum atomic E-state index is -0.629. The molecule has 5 rings (SSSR count). The van der Waals surface area contributed by atoms with Crippen molar-refractivity contribution in [2.45, 2.75) is 83.8 Å². The molecule has 6 heteroatoms. The van der Waals surface area contributed by atoms with Crippen LogP contribution in [-0.2, 0) is 16.1 Å². The second-order valence-electron chi connectivity index (χ2n) is 11.7. The Kier molecular flexibility index (Phi) is 6.16. The van der Waals surface area contributed by atoms with Gasteiger partial charge in [0.2, 0.25) is 0 Å². The fourth-order valence-corrected chi connectivity index (χ4v) is 8.69. The number of aliphatic hydroxyl groups is 1. The van der Waals surface area contributed by atoms with Crippen LogP contribution in [0.5, 0.6) is 0 Å². The largest absolute Gasteiger partial charge is 0.387 e. The molecular weight excluding hydrogens is 414 g/mol. The molecule has 0 aliphatic heterocycles. The summed E-state index contributed by atoms with van der Waals surface area (Å²) in [4.78, 5) is 13.3. The predicted octanol–water partition coefficient (Wildman–Crippen LogP) is 4.36. The van der Waals surface area contributed by atoms with Crippen LogP contribution in [0.3, 0.4) is 0 Å². The first-order valence-corrected chi connectivity index (χ1v) is 13.1. The Morgan fingerprint density at radius 3 is 2.79 bits per heavy atom. The Morgan fingerprint density at radius 1 is 1.21 bits per heavy atom. The van der Waals surface area contributed by atoms with E-state index in [1.807, 2.05) is 6.92 Å². The van der Waals surface area contributed by atoms with Gasteiger partial charge >= 0.3 is 0 Å². The summed E-state index contributed by atoms with van der Waals surface area (Å²) in [5.41, 5.74) is -0.0207. The summed E-state index contributed by atoms with van der Waals surface area (Å²) in [7, 11) is 0. The molecule has 4 aliphatic carbocycles. The molecular formula is C27H39N3O3. The second kappa shape index (κ2) is 8.82. The van der Waals surface area contributed by atoms with Crippen molar-refractivity contribution >= 4 is 5.78 Å². The number of ether oxygens (including phenoxy) is 1. The van der Waals surface area contributed by atoms with Gasteiger partial charge in [0.1, 0.15) is 6.07 Å². The molecule has 6 nitrogen and oxygen atoms in total. The van der Waals surface area contributed by atoms with Crippen molar-refractivity contribution in [3.63, 3.8) is 0 Å². The molecule has 0 saturated heterocycles. The Hall–Kier alpha value is -1.71. The molecule has 0 aromatic carbocycles. The van der Waals surface area contributed by atoms with E-state index in [9.17, 15) is 9.90 Å². The SMILES string of the molecule is CCOC[C@@]1(O)CC[C@H]2[C@H](CC[C@@H]3[C@@H]2CC[C@]2(C)[C@@H](C(=O)Cn4cc(C#N)cn4)CC[C@@H]32)C1. The van der Waals surface area contributed by atoms with Gasteiger partial charge in [-0.15, -0.1) is 0 Å². The van der Waals surface area contributed by atoms with E-state index in [4.69, 9.17) is 10.00 Å². The van der Waals surface area contributed by atoms with Crippen molar-refractivity contribution in [2.75, 3.05) is 13.2 Å². The number of rotatable bonds is 6. The van der Waals surface area contributed by atoms with Crippen molar-refractivity contribution in [3.05, 3.63) is 18.0 Å². The van der Waals surface area contributed by atoms with Crippen LogP contribution in [0.2, 0.25) is 0 Å². The summed E-state index contributed by atoms with van der Waals surface area (Å²) in [5.74, 6) is 3.90. The zero-order valence-corrected chi connectivity index (χ0v) is 20.2. The number of nitrogens with zero attached hydrogens (tertiary/aromatic N) is 3. The average molecular weight is 454 g/mol. The first-order valence-electron chi connectivity index (χ1n) is 13.1. The van der Waals surface area contributed by atoms with Crippen LogP contribution < -0.4 is 0 Å². The van der Waals surface area contributed by atoms with Gasteiger partial charge in [-0.1, -0.05) is 6.92 Å². The summed E-state index contributed by atoms with van der Waals surface area (Å²) >= 11 is 0. The van der Waals surface area contributed by atoms with Gasteiger partial charge in [-0.2, -0.15) is 10.4 Å². The fourth-order valence-electron chi connectivity index (χ4n) is 8.69. The molecule has 0 bridgehead atoms. The summed E-state index contributed by atoms with van der Waals surface area (Å²) in [6, 6.07) is 2.09. The first-order chi connectivity index (χ1) is 15.9. The summed E-state index contributed by atoms with van der Waals surface area (Å²) in [6.07, 6.45) is 13.1. The van der Waals surface area contributed by atoms with Crippen molar-refractivity contribution in [3.8, 4) is 6.07 Å². The second-order valence-corrected chi connectivity index (χ2v) is 11.7. The van der Waals surface area contributed by atoms with E-state index in [2.05, 4.69) is 18.1 Å². The zero-order valence-electron chi connectivity index (χ0n) is 20.2. The third-order valence-corrected chi connectivity index (χ3v) is 10.1. The maximum absolute atomic E-state index is 13.3. The number of carbonyl (C=O) groups is 1. The molecule has 1 heterocycles. The normalized spacial score (nSPS) is 42.1. The van der Waals surface area contributed by atoms with Crippen LogP contribution in [0.15, 0.2) is 12.4 Å². The molecule has 4 aliphatic rings. The van der Waals surface area contributed by atoms with E-state index in [0.717, 1.165) is 49.9 Å². The third kappa shape index (κ3) is 4.06. The topological polar surface area (TPSA) is 88.1 Å². The Morgan fingerprint density at radius 2 is 2.03 bits per heavy atom. The molecule has 1 aromatic heterocycles. The first kappa shape index (κ1) is 23.1. The van der Waals surface area contributed by atoms with Gasteiger partial charge < -0.3 is 9.84 Å². The van der Waals surface area contributed by atoms with E-state index in [-0.39, 0.29) is 17.9 Å². The van der Waals surface area contributed by atoms with Gasteiger partial charge in [-0.3, -0.25) is 9.48 Å². The molecule has 0 amide bonds. The lowest BCUT2D eigenvalue weighted by molar-refractivity contribution is -0.138. The van der Waals surface area contributed by atoms with Gasteiger partial charge in [0.05, 0.1) is 30.5 Å². The highest BCUT2D eigenvalue weighted by Gasteiger charge is 2.59. The average Bonchev–Trinajstić information content (AvgIpc) is 3.40. The Bertz CT molecular complexity index is 922. The molecule has 1 N–H and O–H groups in total. The number of hydrogen-bond donors (Lipinski definition) is 1. The number of ketones is 1. The van der Waals surface area contributed by atoms with Crippen LogP contribution in [0.1, 0.15) is 77.2 Å². The number of carbonyl (C=O) groups excluding carboxylic acids is 1. The monoisotopic (exact) mass is 453 g/mol. The van der Waals surface area contributed by atoms with Gasteiger partial charge in [0.25, 0.3) is 0 Å². The van der Waals surface area contributed by atoms with Crippen molar-refractivity contribution in [1.29, 1.82) is 5.26 Å². The van der Waals surface area contributed by atoms with Crippen molar-refractivity contribution < 1.29 is 14.6 Å². The molecule has 4 saturated carbocycles. The van der Waals surface area contributed by atoms with Crippen LogP contribution in [0.25, 0.3) is 0 Å². The molecule has 1 aromatic rings. The number of hydrogen-bond acceptors (Lipinski definition) is 5. The van der Waals surface area contributed by atoms with E-state index in [0.29, 0.717) is 36.4 Å². The lowest BCUT2D eigenvalue weighted by atomic mass is 9.49. The van der Waals surface area contributed by atoms with E-state index in [1.54, 1.807) is 10.9 Å². The smallest absolute Gasteiger partial charge is 0.157 e. The third-order valence-electron chi connectivity index (χ3n) is 10.1. The summed E-state index contributed by atoms with van der Waals surface area (Å²) < 4.78 is 7.25. The van der Waals surface area contributed by atoms with Gasteiger partial charge in [-0.05, 0) is 99.7 Å². The molecule has 4 fully saturated rings. The van der Waals surface area contributed by atoms with Crippen molar-refractivity contribution in [1.82, 2.24) is 9.78 Å². The number of Topliss-reactive ketones (excluding diaryl/α,β-unsaturated/α-hetero) is 1. The number of nitriles is 1. The maximum atomic E-state index is 13.3. The Labute approximate surface area is 197 Å². The van der Waals surface area contributed by atoms with E-state index in [1.165, 1.54) is 31.9 Å². The maximum Gasteiger partial charge on any atom is 0.157 e. The highest BCUT2D eigenvalue weighted by atomic mass is 16.5. The molecule has 0 spiro atoms.